The van der Waals surface area contributed by atoms with Crippen LogP contribution in [0, 0.1) is 13.8 Å². The van der Waals surface area contributed by atoms with Gasteiger partial charge in [0.15, 0.2) is 0 Å². The quantitative estimate of drug-likeness (QED) is 0.815. The lowest BCUT2D eigenvalue weighted by atomic mass is 10.1. The Morgan fingerprint density at radius 3 is 2.86 bits per heavy atom. The number of carbonyl (C=O) groups is 1. The molecule has 0 aliphatic rings. The molecule has 21 heavy (non-hydrogen) atoms. The lowest BCUT2D eigenvalue weighted by Crippen LogP contribution is -2.28. The first-order chi connectivity index (χ1) is 10.0. The van der Waals surface area contributed by atoms with Crippen LogP contribution in [0.2, 0.25) is 0 Å². The van der Waals surface area contributed by atoms with Crippen molar-refractivity contribution in [3.05, 3.63) is 23.3 Å². The van der Waals surface area contributed by atoms with Gasteiger partial charge < -0.3 is 4.90 Å². The zero-order chi connectivity index (χ0) is 15.4. The van der Waals surface area contributed by atoms with Crippen molar-refractivity contribution in [2.45, 2.75) is 46.5 Å². The third-order valence-electron chi connectivity index (χ3n) is 3.85. The number of hydrogen-bond donors (Lipinski definition) is 0. The lowest BCUT2D eigenvalue weighted by molar-refractivity contribution is -0.129. The summed E-state index contributed by atoms with van der Waals surface area (Å²) in [6, 6.07) is 0. The highest BCUT2D eigenvalue weighted by molar-refractivity contribution is 5.76. The molecular weight excluding hydrogens is 266 g/mol. The van der Waals surface area contributed by atoms with Gasteiger partial charge in [-0.2, -0.15) is 10.1 Å². The van der Waals surface area contributed by atoms with E-state index in [1.807, 2.05) is 25.8 Å². The number of rotatable bonds is 6. The van der Waals surface area contributed by atoms with Crippen LogP contribution in [0.3, 0.4) is 0 Å². The van der Waals surface area contributed by atoms with Gasteiger partial charge in [-0.1, -0.05) is 13.3 Å². The van der Waals surface area contributed by atoms with Crippen molar-refractivity contribution in [2.75, 3.05) is 13.6 Å². The number of fused-ring (bicyclic) bond motifs is 1. The topological polar surface area (TPSA) is 63.4 Å². The Morgan fingerprint density at radius 2 is 2.14 bits per heavy atom. The predicted octanol–water partition coefficient (Wildman–Crippen LogP) is 1.93. The van der Waals surface area contributed by atoms with E-state index in [9.17, 15) is 4.79 Å². The van der Waals surface area contributed by atoms with E-state index in [4.69, 9.17) is 0 Å². The summed E-state index contributed by atoms with van der Waals surface area (Å²) < 4.78 is 1.73. The Kier molecular flexibility index (Phi) is 4.88. The van der Waals surface area contributed by atoms with E-state index in [1.54, 1.807) is 4.52 Å². The van der Waals surface area contributed by atoms with Crippen LogP contribution >= 0.6 is 0 Å². The molecule has 0 radical (unpaired) electrons. The van der Waals surface area contributed by atoms with Gasteiger partial charge in [0.1, 0.15) is 6.33 Å². The van der Waals surface area contributed by atoms with Crippen LogP contribution < -0.4 is 0 Å². The molecule has 1 amide bonds. The maximum absolute atomic E-state index is 12.1. The Bertz CT molecular complexity index is 634. The van der Waals surface area contributed by atoms with Crippen LogP contribution in [-0.2, 0) is 11.2 Å². The van der Waals surface area contributed by atoms with Crippen molar-refractivity contribution in [1.82, 2.24) is 24.5 Å². The fourth-order valence-electron chi connectivity index (χ4n) is 2.46. The summed E-state index contributed by atoms with van der Waals surface area (Å²) in [5, 5.41) is 4.17. The highest BCUT2D eigenvalue weighted by Crippen LogP contribution is 2.15. The van der Waals surface area contributed by atoms with Gasteiger partial charge in [-0.25, -0.2) is 9.50 Å². The second-order valence-corrected chi connectivity index (χ2v) is 5.40. The zero-order valence-corrected chi connectivity index (χ0v) is 13.3. The molecule has 0 saturated carbocycles. The van der Waals surface area contributed by atoms with Gasteiger partial charge in [-0.3, -0.25) is 4.79 Å². The van der Waals surface area contributed by atoms with Gasteiger partial charge >= 0.3 is 0 Å². The smallest absolute Gasteiger partial charge is 0.252 e. The molecule has 0 saturated heterocycles. The first-order valence-electron chi connectivity index (χ1n) is 7.44. The molecule has 0 atom stereocenters. The predicted molar refractivity (Wildman–Crippen MR) is 81.1 cm³/mol. The number of aryl methyl sites for hydroxylation is 2. The van der Waals surface area contributed by atoms with E-state index in [0.717, 1.165) is 36.3 Å². The zero-order valence-electron chi connectivity index (χ0n) is 13.3. The van der Waals surface area contributed by atoms with Gasteiger partial charge in [0.2, 0.25) is 5.91 Å². The summed E-state index contributed by atoms with van der Waals surface area (Å²) in [4.78, 5) is 22.5. The molecule has 0 unspecified atom stereocenters. The molecule has 2 rings (SSSR count). The Hall–Kier alpha value is -1.98. The normalized spacial score (nSPS) is 11.0. The average molecular weight is 289 g/mol. The van der Waals surface area contributed by atoms with Crippen LogP contribution in [-0.4, -0.2) is 44.0 Å². The standard InChI is InChI=1S/C15H23N5O/c1-5-6-9-19(4)14(21)8-7-13-11(2)18-15-16-10-17-20(15)12(13)3/h10H,5-9H2,1-4H3. The van der Waals surface area contributed by atoms with Gasteiger partial charge in [0, 0.05) is 31.4 Å². The molecule has 2 aromatic heterocycles. The van der Waals surface area contributed by atoms with Gasteiger partial charge in [0.25, 0.3) is 5.78 Å². The second kappa shape index (κ2) is 6.65. The van der Waals surface area contributed by atoms with E-state index in [2.05, 4.69) is 22.0 Å². The molecule has 6 nitrogen and oxygen atoms in total. The minimum Gasteiger partial charge on any atom is -0.346 e. The lowest BCUT2D eigenvalue weighted by Gasteiger charge is -2.17. The van der Waals surface area contributed by atoms with E-state index < -0.39 is 0 Å². The maximum Gasteiger partial charge on any atom is 0.252 e. The molecule has 0 aliphatic heterocycles. The molecule has 0 aromatic carbocycles. The SMILES string of the molecule is CCCCN(C)C(=O)CCc1c(C)nc2ncnn2c1C. The van der Waals surface area contributed by atoms with Crippen molar-refractivity contribution in [3.63, 3.8) is 0 Å². The van der Waals surface area contributed by atoms with Crippen LogP contribution in [0.1, 0.15) is 43.1 Å². The highest BCUT2D eigenvalue weighted by atomic mass is 16.2. The third-order valence-corrected chi connectivity index (χ3v) is 3.85. The molecule has 0 N–H and O–H groups in total. The van der Waals surface area contributed by atoms with Crippen molar-refractivity contribution in [1.29, 1.82) is 0 Å². The maximum atomic E-state index is 12.1. The first-order valence-corrected chi connectivity index (χ1v) is 7.44. The molecular formula is C15H23N5O. The fourth-order valence-corrected chi connectivity index (χ4v) is 2.46. The summed E-state index contributed by atoms with van der Waals surface area (Å²) in [5.74, 6) is 0.793. The van der Waals surface area contributed by atoms with Crippen molar-refractivity contribution < 1.29 is 4.79 Å². The Labute approximate surface area is 125 Å². The van der Waals surface area contributed by atoms with Crippen molar-refractivity contribution in [2.24, 2.45) is 0 Å². The van der Waals surface area contributed by atoms with Crippen molar-refractivity contribution >= 4 is 11.7 Å². The Balaban J connectivity index is 2.08. The first kappa shape index (κ1) is 15.4. The highest BCUT2D eigenvalue weighted by Gasteiger charge is 2.14. The molecule has 2 aromatic rings. The molecule has 0 aliphatic carbocycles. The van der Waals surface area contributed by atoms with Crippen LogP contribution in [0.4, 0.5) is 0 Å². The molecule has 114 valence electrons. The van der Waals surface area contributed by atoms with Crippen LogP contribution in [0.25, 0.3) is 5.78 Å². The number of carbonyl (C=O) groups excluding carboxylic acids is 1. The monoisotopic (exact) mass is 289 g/mol. The molecule has 0 bridgehead atoms. The summed E-state index contributed by atoms with van der Waals surface area (Å²) >= 11 is 0. The number of hydrogen-bond acceptors (Lipinski definition) is 4. The van der Waals surface area contributed by atoms with E-state index in [-0.39, 0.29) is 5.91 Å². The van der Waals surface area contributed by atoms with Gasteiger partial charge in [0.05, 0.1) is 0 Å². The number of amides is 1. The fraction of sp³-hybridized carbons (Fsp3) is 0.600. The van der Waals surface area contributed by atoms with E-state index in [1.165, 1.54) is 6.33 Å². The molecule has 0 spiro atoms. The van der Waals surface area contributed by atoms with Crippen LogP contribution in [0.15, 0.2) is 6.33 Å². The number of aromatic nitrogens is 4. The molecule has 6 heteroatoms. The van der Waals surface area contributed by atoms with Crippen molar-refractivity contribution in [3.8, 4) is 0 Å². The molecule has 2 heterocycles. The largest absolute Gasteiger partial charge is 0.346 e. The van der Waals surface area contributed by atoms with E-state index in [0.29, 0.717) is 18.6 Å². The van der Waals surface area contributed by atoms with E-state index >= 15 is 0 Å². The van der Waals surface area contributed by atoms with Gasteiger partial charge in [-0.15, -0.1) is 0 Å². The summed E-state index contributed by atoms with van der Waals surface area (Å²) in [6.07, 6.45) is 4.84. The third kappa shape index (κ3) is 3.37. The summed E-state index contributed by atoms with van der Waals surface area (Å²) in [7, 11) is 1.87. The summed E-state index contributed by atoms with van der Waals surface area (Å²) in [5.41, 5.74) is 3.03. The van der Waals surface area contributed by atoms with Gasteiger partial charge in [-0.05, 0) is 32.3 Å². The minimum absolute atomic E-state index is 0.181. The molecule has 0 fully saturated rings. The number of nitrogens with zero attached hydrogens (tertiary/aromatic N) is 5. The second-order valence-electron chi connectivity index (χ2n) is 5.40. The minimum atomic E-state index is 0.181. The Morgan fingerprint density at radius 1 is 1.38 bits per heavy atom. The summed E-state index contributed by atoms with van der Waals surface area (Å²) in [6.45, 7) is 6.91. The van der Waals surface area contributed by atoms with Crippen LogP contribution in [0.5, 0.6) is 0 Å². The average Bonchev–Trinajstić information content (AvgIpc) is 2.92. The number of unbranched alkanes of at least 4 members (excludes halogenated alkanes) is 1.